The van der Waals surface area contributed by atoms with Crippen LogP contribution in [0.2, 0.25) is 0 Å². The first kappa shape index (κ1) is 13.2. The van der Waals surface area contributed by atoms with Crippen molar-refractivity contribution >= 4 is 17.2 Å². The van der Waals surface area contributed by atoms with Crippen molar-refractivity contribution in [3.05, 3.63) is 51.2 Å². The van der Waals surface area contributed by atoms with Gasteiger partial charge in [-0.25, -0.2) is 9.37 Å². The highest BCUT2D eigenvalue weighted by Gasteiger charge is 2.25. The number of halogens is 1. The van der Waals surface area contributed by atoms with E-state index in [2.05, 4.69) is 10.3 Å². The Morgan fingerprint density at radius 3 is 3.15 bits per heavy atom. The molecule has 1 unspecified atom stereocenters. The maximum atomic E-state index is 13.2. The molecule has 104 valence electrons. The first-order valence-electron chi connectivity index (χ1n) is 6.41. The molecule has 1 amide bonds. The number of carbonyl (C=O) groups is 1. The molecule has 4 nitrogen and oxygen atoms in total. The van der Waals surface area contributed by atoms with Gasteiger partial charge < -0.3 is 11.1 Å². The molecule has 0 saturated heterocycles. The van der Waals surface area contributed by atoms with E-state index < -0.39 is 0 Å². The molecule has 3 N–H and O–H groups in total. The molecule has 1 aromatic heterocycles. The standard InChI is InChI=1S/C14H14FN3OS/c15-9-2-3-10-8(5-9)1-4-11(10)18-14(19)12-7-20-13(6-16)17-12/h2-3,5,7,11H,1,4,6,16H2,(H,18,19). The second kappa shape index (κ2) is 5.30. The number of aryl methyl sites for hydroxylation is 1. The third-order valence-electron chi connectivity index (χ3n) is 3.45. The minimum absolute atomic E-state index is 0.0684. The van der Waals surface area contributed by atoms with Crippen LogP contribution < -0.4 is 11.1 Å². The van der Waals surface area contributed by atoms with Crippen LogP contribution in [-0.4, -0.2) is 10.9 Å². The smallest absolute Gasteiger partial charge is 0.271 e. The zero-order valence-electron chi connectivity index (χ0n) is 10.7. The number of hydrogen-bond donors (Lipinski definition) is 2. The normalized spacial score (nSPS) is 17.0. The predicted octanol–water partition coefficient (Wildman–Crippen LogP) is 2.16. The fourth-order valence-corrected chi connectivity index (χ4v) is 3.13. The Morgan fingerprint density at radius 2 is 2.40 bits per heavy atom. The molecule has 0 fully saturated rings. The zero-order chi connectivity index (χ0) is 14.1. The molecule has 1 aliphatic rings. The van der Waals surface area contributed by atoms with Gasteiger partial charge in [0.1, 0.15) is 16.5 Å². The first-order chi connectivity index (χ1) is 9.67. The number of thiazole rings is 1. The highest BCUT2D eigenvalue weighted by atomic mass is 32.1. The monoisotopic (exact) mass is 291 g/mol. The third-order valence-corrected chi connectivity index (χ3v) is 4.32. The van der Waals surface area contributed by atoms with E-state index in [-0.39, 0.29) is 17.8 Å². The van der Waals surface area contributed by atoms with Gasteiger partial charge in [0.05, 0.1) is 6.04 Å². The molecule has 0 aliphatic heterocycles. The van der Waals surface area contributed by atoms with Gasteiger partial charge >= 0.3 is 0 Å². The molecule has 0 bridgehead atoms. The summed E-state index contributed by atoms with van der Waals surface area (Å²) in [5, 5.41) is 5.40. The molecule has 0 spiro atoms. The summed E-state index contributed by atoms with van der Waals surface area (Å²) in [6.45, 7) is 0.337. The van der Waals surface area contributed by atoms with Gasteiger partial charge in [-0.2, -0.15) is 0 Å². The quantitative estimate of drug-likeness (QED) is 0.910. The molecule has 1 atom stereocenters. The Hall–Kier alpha value is -1.79. The van der Waals surface area contributed by atoms with Crippen LogP contribution in [0.5, 0.6) is 0 Å². The third kappa shape index (κ3) is 2.44. The van der Waals surface area contributed by atoms with E-state index in [0.29, 0.717) is 12.2 Å². The fraction of sp³-hybridized carbons (Fsp3) is 0.286. The summed E-state index contributed by atoms with van der Waals surface area (Å²) >= 11 is 1.38. The number of hydrogen-bond acceptors (Lipinski definition) is 4. The summed E-state index contributed by atoms with van der Waals surface area (Å²) in [7, 11) is 0. The average Bonchev–Trinajstić information content (AvgIpc) is 3.05. The lowest BCUT2D eigenvalue weighted by Gasteiger charge is -2.13. The van der Waals surface area contributed by atoms with Gasteiger partial charge in [0, 0.05) is 11.9 Å². The van der Waals surface area contributed by atoms with Gasteiger partial charge in [0.15, 0.2) is 0 Å². The summed E-state index contributed by atoms with van der Waals surface area (Å²) in [6.07, 6.45) is 1.57. The van der Waals surface area contributed by atoms with Crippen LogP contribution >= 0.6 is 11.3 Å². The van der Waals surface area contributed by atoms with Gasteiger partial charge in [-0.3, -0.25) is 4.79 Å². The van der Waals surface area contributed by atoms with Gasteiger partial charge in [-0.15, -0.1) is 11.3 Å². The number of amides is 1. The Balaban J connectivity index is 1.75. The lowest BCUT2D eigenvalue weighted by molar-refractivity contribution is 0.0932. The molecular weight excluding hydrogens is 277 g/mol. The molecule has 20 heavy (non-hydrogen) atoms. The van der Waals surface area contributed by atoms with E-state index in [1.54, 1.807) is 11.4 Å². The first-order valence-corrected chi connectivity index (χ1v) is 7.29. The number of benzene rings is 1. The van der Waals surface area contributed by atoms with Gasteiger partial charge in [0.25, 0.3) is 5.91 Å². The van der Waals surface area contributed by atoms with E-state index in [0.717, 1.165) is 29.0 Å². The molecule has 3 rings (SSSR count). The number of fused-ring (bicyclic) bond motifs is 1. The van der Waals surface area contributed by atoms with Crippen molar-refractivity contribution in [3.8, 4) is 0 Å². The number of nitrogens with two attached hydrogens (primary N) is 1. The van der Waals surface area contributed by atoms with Crippen LogP contribution in [0.3, 0.4) is 0 Å². The lowest BCUT2D eigenvalue weighted by Crippen LogP contribution is -2.27. The topological polar surface area (TPSA) is 68.0 Å². The van der Waals surface area contributed by atoms with Crippen LogP contribution in [0.25, 0.3) is 0 Å². The number of nitrogens with zero attached hydrogens (tertiary/aromatic N) is 1. The Morgan fingerprint density at radius 1 is 1.55 bits per heavy atom. The maximum Gasteiger partial charge on any atom is 0.271 e. The number of nitrogens with one attached hydrogen (secondary N) is 1. The minimum atomic E-state index is -0.234. The molecule has 2 aromatic rings. The van der Waals surface area contributed by atoms with Crippen molar-refractivity contribution < 1.29 is 9.18 Å². The zero-order valence-corrected chi connectivity index (χ0v) is 11.5. The van der Waals surface area contributed by atoms with Crippen LogP contribution in [-0.2, 0) is 13.0 Å². The SMILES string of the molecule is NCc1nc(C(=O)NC2CCc3cc(F)ccc32)cs1. The van der Waals surface area contributed by atoms with Crippen molar-refractivity contribution in [2.75, 3.05) is 0 Å². The fourth-order valence-electron chi connectivity index (χ4n) is 2.48. The minimum Gasteiger partial charge on any atom is -0.344 e. The van der Waals surface area contributed by atoms with Crippen molar-refractivity contribution in [1.82, 2.24) is 10.3 Å². The summed E-state index contributed by atoms with van der Waals surface area (Å²) < 4.78 is 13.2. The van der Waals surface area contributed by atoms with Crippen LogP contribution in [0, 0.1) is 5.82 Å². The summed E-state index contributed by atoms with van der Waals surface area (Å²) in [5.41, 5.74) is 7.84. The van der Waals surface area contributed by atoms with E-state index in [1.165, 1.54) is 23.5 Å². The van der Waals surface area contributed by atoms with Gasteiger partial charge in [0.2, 0.25) is 0 Å². The van der Waals surface area contributed by atoms with E-state index >= 15 is 0 Å². The largest absolute Gasteiger partial charge is 0.344 e. The van der Waals surface area contributed by atoms with Crippen molar-refractivity contribution in [2.24, 2.45) is 5.73 Å². The summed E-state index contributed by atoms with van der Waals surface area (Å²) in [5.74, 6) is -0.439. The van der Waals surface area contributed by atoms with Gasteiger partial charge in [-0.1, -0.05) is 6.07 Å². The van der Waals surface area contributed by atoms with Crippen LogP contribution in [0.4, 0.5) is 4.39 Å². The van der Waals surface area contributed by atoms with Crippen molar-refractivity contribution in [3.63, 3.8) is 0 Å². The predicted molar refractivity (Wildman–Crippen MR) is 74.9 cm³/mol. The molecule has 0 radical (unpaired) electrons. The molecule has 1 aromatic carbocycles. The molecule has 1 aliphatic carbocycles. The molecule has 6 heteroatoms. The van der Waals surface area contributed by atoms with Crippen LogP contribution in [0.15, 0.2) is 23.6 Å². The average molecular weight is 291 g/mol. The highest BCUT2D eigenvalue weighted by molar-refractivity contribution is 7.09. The lowest BCUT2D eigenvalue weighted by atomic mass is 10.1. The Bertz CT molecular complexity index is 656. The second-order valence-electron chi connectivity index (χ2n) is 4.74. The van der Waals surface area contributed by atoms with Crippen molar-refractivity contribution in [2.45, 2.75) is 25.4 Å². The molecule has 0 saturated carbocycles. The summed E-state index contributed by atoms with van der Waals surface area (Å²) in [4.78, 5) is 16.3. The number of aromatic nitrogens is 1. The van der Waals surface area contributed by atoms with Gasteiger partial charge in [-0.05, 0) is 36.1 Å². The maximum absolute atomic E-state index is 13.2. The number of rotatable bonds is 3. The van der Waals surface area contributed by atoms with Crippen molar-refractivity contribution in [1.29, 1.82) is 0 Å². The second-order valence-corrected chi connectivity index (χ2v) is 5.68. The Labute approximate surface area is 119 Å². The molecule has 1 heterocycles. The number of carbonyl (C=O) groups excluding carboxylic acids is 1. The van der Waals surface area contributed by atoms with E-state index in [4.69, 9.17) is 5.73 Å². The Kier molecular flexibility index (Phi) is 3.50. The highest BCUT2D eigenvalue weighted by Crippen LogP contribution is 2.31. The van der Waals surface area contributed by atoms with E-state index in [1.807, 2.05) is 0 Å². The van der Waals surface area contributed by atoms with Crippen LogP contribution in [0.1, 0.15) is 39.1 Å². The van der Waals surface area contributed by atoms with E-state index in [9.17, 15) is 9.18 Å². The molecular formula is C14H14FN3OS. The summed E-state index contributed by atoms with van der Waals surface area (Å²) in [6, 6.07) is 4.64.